The molecule has 0 aliphatic carbocycles. The first-order valence-corrected chi connectivity index (χ1v) is 8.46. The maximum absolute atomic E-state index is 12.5. The molecule has 1 N–H and O–H groups in total. The van der Waals surface area contributed by atoms with Gasteiger partial charge in [0.15, 0.2) is 6.61 Å². The lowest BCUT2D eigenvalue weighted by atomic mass is 10.1. The smallest absolute Gasteiger partial charge is 0.416 e. The van der Waals surface area contributed by atoms with Gasteiger partial charge in [-0.25, -0.2) is 4.79 Å². The van der Waals surface area contributed by atoms with Gasteiger partial charge in [0, 0.05) is 11.8 Å². The van der Waals surface area contributed by atoms with Crippen LogP contribution in [-0.4, -0.2) is 18.5 Å². The summed E-state index contributed by atoms with van der Waals surface area (Å²) in [5.41, 5.74) is 3.18. The molecule has 2 aromatic rings. The molecule has 0 fully saturated rings. The lowest BCUT2D eigenvalue weighted by Crippen LogP contribution is -2.21. The van der Waals surface area contributed by atoms with Gasteiger partial charge < -0.3 is 10.1 Å². The van der Waals surface area contributed by atoms with Crippen molar-refractivity contribution in [2.24, 2.45) is 0 Å². The van der Waals surface area contributed by atoms with Crippen molar-refractivity contribution < 1.29 is 27.5 Å². The van der Waals surface area contributed by atoms with Gasteiger partial charge in [0.2, 0.25) is 0 Å². The first-order chi connectivity index (χ1) is 13.1. The zero-order chi connectivity index (χ0) is 20.9. The van der Waals surface area contributed by atoms with E-state index in [0.29, 0.717) is 11.3 Å². The van der Waals surface area contributed by atoms with Gasteiger partial charge >= 0.3 is 12.1 Å². The first kappa shape index (κ1) is 21.2. The van der Waals surface area contributed by atoms with E-state index in [1.54, 1.807) is 0 Å². The number of esters is 1. The number of nitrogens with one attached hydrogen (secondary N) is 1. The Hall–Kier alpha value is -3.09. The summed E-state index contributed by atoms with van der Waals surface area (Å²) in [5, 5.41) is 2.71. The molecule has 0 saturated carbocycles. The van der Waals surface area contributed by atoms with Gasteiger partial charge in [0.05, 0.1) is 5.56 Å². The molecule has 0 atom stereocenters. The van der Waals surface area contributed by atoms with Crippen LogP contribution in [0.2, 0.25) is 0 Å². The highest BCUT2D eigenvalue weighted by Crippen LogP contribution is 2.29. The van der Waals surface area contributed by atoms with E-state index in [0.717, 1.165) is 34.9 Å². The SMILES string of the molecule is Cc1cc(C)c(NC(=O)COC(=O)/C=C/c2ccc(C(F)(F)F)cc2)c(C)c1. The van der Waals surface area contributed by atoms with E-state index in [4.69, 9.17) is 4.74 Å². The van der Waals surface area contributed by atoms with Crippen molar-refractivity contribution in [1.82, 2.24) is 0 Å². The van der Waals surface area contributed by atoms with Gasteiger partial charge in [0.25, 0.3) is 5.91 Å². The third kappa shape index (κ3) is 5.97. The molecule has 0 unspecified atom stereocenters. The Morgan fingerprint density at radius 2 is 1.61 bits per heavy atom. The summed E-state index contributed by atoms with van der Waals surface area (Å²) in [6.45, 7) is 5.22. The fraction of sp³-hybridized carbons (Fsp3) is 0.238. The maximum Gasteiger partial charge on any atom is 0.416 e. The van der Waals surface area contributed by atoms with Crippen molar-refractivity contribution in [2.45, 2.75) is 26.9 Å². The topological polar surface area (TPSA) is 55.4 Å². The summed E-state index contributed by atoms with van der Waals surface area (Å²) in [7, 11) is 0. The van der Waals surface area contributed by atoms with Crippen LogP contribution in [0.1, 0.15) is 27.8 Å². The standard InChI is InChI=1S/C21H20F3NO3/c1-13-10-14(2)20(15(3)11-13)25-18(26)12-28-19(27)9-6-16-4-7-17(8-5-16)21(22,23)24/h4-11H,12H2,1-3H3,(H,25,26)/b9-6+. The molecule has 0 heterocycles. The number of hydrogen-bond acceptors (Lipinski definition) is 3. The second-order valence-electron chi connectivity index (χ2n) is 6.38. The minimum Gasteiger partial charge on any atom is -0.452 e. The molecule has 0 aromatic heterocycles. The number of alkyl halides is 3. The number of rotatable bonds is 5. The predicted molar refractivity (Wildman–Crippen MR) is 101 cm³/mol. The summed E-state index contributed by atoms with van der Waals surface area (Å²) >= 11 is 0. The molecule has 1 amide bonds. The van der Waals surface area contributed by atoms with Gasteiger partial charge in [-0.1, -0.05) is 29.8 Å². The quantitative estimate of drug-likeness (QED) is 0.587. The van der Waals surface area contributed by atoms with Crippen LogP contribution in [-0.2, 0) is 20.5 Å². The zero-order valence-corrected chi connectivity index (χ0v) is 15.7. The van der Waals surface area contributed by atoms with Crippen LogP contribution in [0, 0.1) is 20.8 Å². The first-order valence-electron chi connectivity index (χ1n) is 8.46. The highest BCUT2D eigenvalue weighted by molar-refractivity contribution is 5.95. The van der Waals surface area contributed by atoms with Crippen molar-refractivity contribution in [1.29, 1.82) is 0 Å². The third-order valence-corrected chi connectivity index (χ3v) is 3.94. The van der Waals surface area contributed by atoms with Crippen molar-refractivity contribution in [3.8, 4) is 0 Å². The van der Waals surface area contributed by atoms with E-state index in [1.807, 2.05) is 32.9 Å². The number of carbonyl (C=O) groups excluding carboxylic acids is 2. The molecule has 0 radical (unpaired) electrons. The van der Waals surface area contributed by atoms with Crippen LogP contribution < -0.4 is 5.32 Å². The zero-order valence-electron chi connectivity index (χ0n) is 15.7. The highest BCUT2D eigenvalue weighted by atomic mass is 19.4. The Morgan fingerprint density at radius 3 is 2.14 bits per heavy atom. The van der Waals surface area contributed by atoms with Gasteiger partial charge in [-0.3, -0.25) is 4.79 Å². The lowest BCUT2D eigenvalue weighted by molar-refractivity contribution is -0.142. The lowest BCUT2D eigenvalue weighted by Gasteiger charge is -2.12. The third-order valence-electron chi connectivity index (χ3n) is 3.94. The van der Waals surface area contributed by atoms with Crippen molar-refractivity contribution >= 4 is 23.6 Å². The number of benzene rings is 2. The van der Waals surface area contributed by atoms with E-state index in [2.05, 4.69) is 5.32 Å². The summed E-state index contributed by atoms with van der Waals surface area (Å²) in [5.74, 6) is -1.25. The molecule has 148 valence electrons. The number of ether oxygens (including phenoxy) is 1. The Kier molecular flexibility index (Phi) is 6.62. The molecular weight excluding hydrogens is 371 g/mol. The van der Waals surface area contributed by atoms with E-state index in [-0.39, 0.29) is 0 Å². The average Bonchev–Trinajstić information content (AvgIpc) is 2.60. The van der Waals surface area contributed by atoms with Gasteiger partial charge in [-0.2, -0.15) is 13.2 Å². The summed E-state index contributed by atoms with van der Waals surface area (Å²) in [6, 6.07) is 8.18. The molecule has 0 bridgehead atoms. The molecular formula is C21H20F3NO3. The second kappa shape index (κ2) is 8.73. The fourth-order valence-corrected chi connectivity index (χ4v) is 2.68. The molecule has 2 rings (SSSR count). The Balaban J connectivity index is 1.88. The van der Waals surface area contributed by atoms with Gasteiger partial charge in [-0.15, -0.1) is 0 Å². The maximum atomic E-state index is 12.5. The van der Waals surface area contributed by atoms with Crippen LogP contribution in [0.3, 0.4) is 0 Å². The molecule has 0 aliphatic heterocycles. The second-order valence-corrected chi connectivity index (χ2v) is 6.38. The number of carbonyl (C=O) groups is 2. The van der Waals surface area contributed by atoms with Crippen LogP contribution in [0.25, 0.3) is 6.08 Å². The summed E-state index contributed by atoms with van der Waals surface area (Å²) in [4.78, 5) is 23.7. The monoisotopic (exact) mass is 391 g/mol. The van der Waals surface area contributed by atoms with E-state index in [9.17, 15) is 22.8 Å². The molecule has 2 aromatic carbocycles. The van der Waals surface area contributed by atoms with Crippen molar-refractivity contribution in [3.63, 3.8) is 0 Å². The van der Waals surface area contributed by atoms with E-state index >= 15 is 0 Å². The molecule has 0 saturated heterocycles. The van der Waals surface area contributed by atoms with Crippen molar-refractivity contribution in [2.75, 3.05) is 11.9 Å². The van der Waals surface area contributed by atoms with Crippen LogP contribution >= 0.6 is 0 Å². The minimum absolute atomic E-state index is 0.403. The normalized spacial score (nSPS) is 11.5. The Morgan fingerprint density at radius 1 is 1.04 bits per heavy atom. The summed E-state index contributed by atoms with van der Waals surface area (Å²) in [6.07, 6.45) is -2.05. The van der Waals surface area contributed by atoms with Crippen molar-refractivity contribution in [3.05, 3.63) is 70.3 Å². The largest absolute Gasteiger partial charge is 0.452 e. The average molecular weight is 391 g/mol. The molecule has 4 nitrogen and oxygen atoms in total. The predicted octanol–water partition coefficient (Wildman–Crippen LogP) is 4.83. The number of anilines is 1. The van der Waals surface area contributed by atoms with E-state index in [1.165, 1.54) is 18.2 Å². The van der Waals surface area contributed by atoms with Crippen LogP contribution in [0.4, 0.5) is 18.9 Å². The van der Waals surface area contributed by atoms with E-state index < -0.39 is 30.2 Å². The minimum atomic E-state index is -4.41. The fourth-order valence-electron chi connectivity index (χ4n) is 2.68. The number of amides is 1. The molecule has 7 heteroatoms. The van der Waals surface area contributed by atoms with Gasteiger partial charge in [0.1, 0.15) is 0 Å². The molecule has 0 spiro atoms. The molecule has 0 aliphatic rings. The van der Waals surface area contributed by atoms with Gasteiger partial charge in [-0.05, 0) is 55.7 Å². The molecule has 28 heavy (non-hydrogen) atoms. The number of hydrogen-bond donors (Lipinski definition) is 1. The van der Waals surface area contributed by atoms with Crippen LogP contribution in [0.5, 0.6) is 0 Å². The highest BCUT2D eigenvalue weighted by Gasteiger charge is 2.29. The van der Waals surface area contributed by atoms with Crippen LogP contribution in [0.15, 0.2) is 42.5 Å². The number of aryl methyl sites for hydroxylation is 3. The Bertz CT molecular complexity index is 877. The Labute approximate surface area is 161 Å². The number of halogens is 3. The summed E-state index contributed by atoms with van der Waals surface area (Å²) < 4.78 is 42.4.